The molecule has 2 aromatic rings. The van der Waals surface area contributed by atoms with E-state index in [1.807, 2.05) is 0 Å². The lowest BCUT2D eigenvalue weighted by Crippen LogP contribution is -1.89. The predicted molar refractivity (Wildman–Crippen MR) is 63.3 cm³/mol. The summed E-state index contributed by atoms with van der Waals surface area (Å²) in [6, 6.07) is 5.35. The van der Waals surface area contributed by atoms with Gasteiger partial charge in [0.2, 0.25) is 11.7 Å². The summed E-state index contributed by atoms with van der Waals surface area (Å²) in [5.41, 5.74) is 0.760. The number of benzene rings is 1. The van der Waals surface area contributed by atoms with Crippen LogP contribution in [-0.2, 0) is 0 Å². The molecular formula is C12H11ClN2O2. The molecule has 0 bridgehead atoms. The predicted octanol–water partition coefficient (Wildman–Crippen LogP) is 3.28. The van der Waals surface area contributed by atoms with Gasteiger partial charge in [0, 0.05) is 10.9 Å². The highest BCUT2D eigenvalue weighted by Crippen LogP contribution is 2.40. The first-order chi connectivity index (χ1) is 8.28. The van der Waals surface area contributed by atoms with Crippen molar-refractivity contribution in [3.05, 3.63) is 29.1 Å². The molecule has 1 aliphatic rings. The van der Waals surface area contributed by atoms with Crippen molar-refractivity contribution in [1.29, 1.82) is 0 Å². The Kier molecular flexibility index (Phi) is 2.52. The third-order valence-electron chi connectivity index (χ3n) is 2.77. The van der Waals surface area contributed by atoms with E-state index in [-0.39, 0.29) is 0 Å². The van der Waals surface area contributed by atoms with Crippen molar-refractivity contribution >= 4 is 11.6 Å². The number of rotatable bonds is 3. The van der Waals surface area contributed by atoms with E-state index in [1.165, 1.54) is 0 Å². The first kappa shape index (κ1) is 10.6. The minimum Gasteiger partial charge on any atom is -0.496 e. The Bertz CT molecular complexity index is 549. The topological polar surface area (TPSA) is 48.2 Å². The molecule has 0 unspecified atom stereocenters. The van der Waals surface area contributed by atoms with Gasteiger partial charge in [-0.1, -0.05) is 16.8 Å². The average Bonchev–Trinajstić information content (AvgIpc) is 3.07. The van der Waals surface area contributed by atoms with E-state index in [2.05, 4.69) is 10.1 Å². The minimum absolute atomic E-state index is 0.446. The molecule has 1 saturated carbocycles. The lowest BCUT2D eigenvalue weighted by atomic mass is 10.2. The maximum Gasteiger partial charge on any atom is 0.230 e. The fourth-order valence-corrected chi connectivity index (χ4v) is 1.87. The summed E-state index contributed by atoms with van der Waals surface area (Å²) in [6.45, 7) is 0. The van der Waals surface area contributed by atoms with Crippen LogP contribution in [0.1, 0.15) is 24.7 Å². The Balaban J connectivity index is 2.03. The van der Waals surface area contributed by atoms with E-state index in [1.54, 1.807) is 25.3 Å². The van der Waals surface area contributed by atoms with Crippen LogP contribution in [0.3, 0.4) is 0 Å². The molecule has 0 saturated heterocycles. The Morgan fingerprint density at radius 3 is 2.94 bits per heavy atom. The van der Waals surface area contributed by atoms with Crippen LogP contribution >= 0.6 is 11.6 Å². The van der Waals surface area contributed by atoms with Crippen molar-refractivity contribution in [2.75, 3.05) is 7.11 Å². The fourth-order valence-electron chi connectivity index (χ4n) is 1.70. The number of hydrogen-bond donors (Lipinski definition) is 0. The van der Waals surface area contributed by atoms with Gasteiger partial charge in [-0.25, -0.2) is 0 Å². The van der Waals surface area contributed by atoms with Gasteiger partial charge in [0.1, 0.15) is 5.75 Å². The van der Waals surface area contributed by atoms with Crippen LogP contribution in [0.4, 0.5) is 0 Å². The number of nitrogens with zero attached hydrogens (tertiary/aromatic N) is 2. The summed E-state index contributed by atoms with van der Waals surface area (Å²) in [6.07, 6.45) is 2.27. The highest BCUT2D eigenvalue weighted by molar-refractivity contribution is 6.30. The number of hydrogen-bond acceptors (Lipinski definition) is 4. The van der Waals surface area contributed by atoms with E-state index in [4.69, 9.17) is 20.9 Å². The van der Waals surface area contributed by atoms with Crippen LogP contribution in [0.25, 0.3) is 11.4 Å². The van der Waals surface area contributed by atoms with E-state index in [9.17, 15) is 0 Å². The molecule has 88 valence electrons. The molecule has 0 N–H and O–H groups in total. The van der Waals surface area contributed by atoms with Gasteiger partial charge in [-0.2, -0.15) is 4.98 Å². The second-order valence-corrected chi connectivity index (χ2v) is 4.51. The van der Waals surface area contributed by atoms with Gasteiger partial charge in [0.05, 0.1) is 12.7 Å². The van der Waals surface area contributed by atoms with Crippen molar-refractivity contribution < 1.29 is 9.26 Å². The van der Waals surface area contributed by atoms with Crippen LogP contribution in [0.15, 0.2) is 22.7 Å². The highest BCUT2D eigenvalue weighted by Gasteiger charge is 2.30. The minimum atomic E-state index is 0.446. The quantitative estimate of drug-likeness (QED) is 0.839. The molecule has 1 aliphatic carbocycles. The van der Waals surface area contributed by atoms with E-state index in [0.29, 0.717) is 28.4 Å². The molecule has 1 aromatic carbocycles. The zero-order valence-electron chi connectivity index (χ0n) is 9.31. The van der Waals surface area contributed by atoms with Crippen LogP contribution in [0.2, 0.25) is 5.02 Å². The first-order valence-corrected chi connectivity index (χ1v) is 5.83. The van der Waals surface area contributed by atoms with E-state index < -0.39 is 0 Å². The van der Waals surface area contributed by atoms with Gasteiger partial charge in [-0.3, -0.25) is 0 Å². The second-order valence-electron chi connectivity index (χ2n) is 4.08. The van der Waals surface area contributed by atoms with Crippen LogP contribution in [0.5, 0.6) is 5.75 Å². The molecule has 1 aromatic heterocycles. The Hall–Kier alpha value is -1.55. The molecule has 4 nitrogen and oxygen atoms in total. The zero-order chi connectivity index (χ0) is 11.8. The third-order valence-corrected chi connectivity index (χ3v) is 3.01. The zero-order valence-corrected chi connectivity index (χ0v) is 10.1. The van der Waals surface area contributed by atoms with Crippen molar-refractivity contribution in [3.63, 3.8) is 0 Å². The van der Waals surface area contributed by atoms with Gasteiger partial charge in [-0.05, 0) is 31.0 Å². The maximum atomic E-state index is 5.96. The lowest BCUT2D eigenvalue weighted by Gasteiger charge is -2.04. The maximum absolute atomic E-state index is 5.96. The molecule has 17 heavy (non-hydrogen) atoms. The second kappa shape index (κ2) is 4.04. The van der Waals surface area contributed by atoms with Crippen LogP contribution in [0, 0.1) is 0 Å². The van der Waals surface area contributed by atoms with Gasteiger partial charge in [0.25, 0.3) is 0 Å². The standard InChI is InChI=1S/C12H11ClN2O2/c1-16-10-5-4-8(13)6-9(10)11-14-12(17-15-11)7-2-3-7/h4-7H,2-3H2,1H3. The molecule has 0 aliphatic heterocycles. The highest BCUT2D eigenvalue weighted by atomic mass is 35.5. The summed E-state index contributed by atoms with van der Waals surface area (Å²) in [7, 11) is 1.61. The van der Waals surface area contributed by atoms with Crippen LogP contribution in [-0.4, -0.2) is 17.3 Å². The largest absolute Gasteiger partial charge is 0.496 e. The average molecular weight is 251 g/mol. The molecule has 1 fully saturated rings. The number of ether oxygens (including phenoxy) is 1. The Morgan fingerprint density at radius 1 is 1.41 bits per heavy atom. The van der Waals surface area contributed by atoms with Crippen LogP contribution < -0.4 is 4.74 Å². The number of halogens is 1. The first-order valence-electron chi connectivity index (χ1n) is 5.45. The van der Waals surface area contributed by atoms with Gasteiger partial charge in [0.15, 0.2) is 0 Å². The number of aromatic nitrogens is 2. The third kappa shape index (κ3) is 2.00. The van der Waals surface area contributed by atoms with E-state index >= 15 is 0 Å². The summed E-state index contributed by atoms with van der Waals surface area (Å²) in [4.78, 5) is 4.38. The SMILES string of the molecule is COc1ccc(Cl)cc1-c1noc(C2CC2)n1. The molecule has 0 spiro atoms. The van der Waals surface area contributed by atoms with E-state index in [0.717, 1.165) is 18.4 Å². The molecule has 0 radical (unpaired) electrons. The molecule has 5 heteroatoms. The number of methoxy groups -OCH3 is 1. The fraction of sp³-hybridized carbons (Fsp3) is 0.333. The van der Waals surface area contributed by atoms with Crippen molar-refractivity contribution in [2.24, 2.45) is 0 Å². The van der Waals surface area contributed by atoms with Crippen molar-refractivity contribution in [2.45, 2.75) is 18.8 Å². The smallest absolute Gasteiger partial charge is 0.230 e. The van der Waals surface area contributed by atoms with Gasteiger partial charge in [-0.15, -0.1) is 0 Å². The molecule has 1 heterocycles. The Morgan fingerprint density at radius 2 is 2.24 bits per heavy atom. The van der Waals surface area contributed by atoms with Gasteiger partial charge < -0.3 is 9.26 Å². The monoisotopic (exact) mass is 250 g/mol. The lowest BCUT2D eigenvalue weighted by molar-refractivity contribution is 0.379. The molecule has 0 amide bonds. The normalized spacial score (nSPS) is 14.9. The van der Waals surface area contributed by atoms with Gasteiger partial charge >= 0.3 is 0 Å². The van der Waals surface area contributed by atoms with Crippen molar-refractivity contribution in [3.8, 4) is 17.1 Å². The Labute approximate surface area is 104 Å². The molecule has 0 atom stereocenters. The molecular weight excluding hydrogens is 240 g/mol. The summed E-state index contributed by atoms with van der Waals surface area (Å²) in [5.74, 6) is 2.38. The summed E-state index contributed by atoms with van der Waals surface area (Å²) < 4.78 is 10.5. The summed E-state index contributed by atoms with van der Waals surface area (Å²) >= 11 is 5.96. The van der Waals surface area contributed by atoms with Crippen molar-refractivity contribution in [1.82, 2.24) is 10.1 Å². The summed E-state index contributed by atoms with van der Waals surface area (Å²) in [5, 5.41) is 4.60. The molecule has 3 rings (SSSR count).